The van der Waals surface area contributed by atoms with Crippen molar-refractivity contribution >= 4 is 47.4 Å². The van der Waals surface area contributed by atoms with E-state index in [1.807, 2.05) is 11.0 Å². The molecule has 1 unspecified atom stereocenters. The van der Waals surface area contributed by atoms with Gasteiger partial charge in [0.05, 0.1) is 25.0 Å². The molecule has 1 aliphatic heterocycles. The van der Waals surface area contributed by atoms with Gasteiger partial charge in [-0.15, -0.1) is 4.99 Å². The molecule has 3 amide bonds. The number of likely N-dealkylation sites (tertiary alicyclic amines) is 1. The Morgan fingerprint density at radius 2 is 1.53 bits per heavy atom. The Bertz CT molecular complexity index is 1800. The lowest BCUT2D eigenvalue weighted by Gasteiger charge is -2.46. The average molecular weight is 734 g/mol. The number of carbonyl (C=O) groups is 5. The molecule has 1 fully saturated rings. The van der Waals surface area contributed by atoms with Crippen molar-refractivity contribution in [2.45, 2.75) is 77.0 Å². The van der Waals surface area contributed by atoms with Crippen LogP contribution in [-0.2, 0) is 23.8 Å². The fourth-order valence-electron chi connectivity index (χ4n) is 5.99. The Labute approximate surface area is 308 Å². The highest BCUT2D eigenvalue weighted by Gasteiger charge is 2.51. The SMILES string of the molecule is COC(=O)C1(N(C(=O)c2ccco2)c2cccc(N(C(=O)OC(C)(C)C)C(N)=NC(=O)OC(C)(C)C)c2)CCN(CC(C(=O)O)c2ccccc2)CC1. The number of nitrogens with two attached hydrogens (primary N) is 1. The van der Waals surface area contributed by atoms with Gasteiger partial charge in [0.15, 0.2) is 5.76 Å². The summed E-state index contributed by atoms with van der Waals surface area (Å²) in [5, 5.41) is 10.1. The number of rotatable bonds is 9. The van der Waals surface area contributed by atoms with E-state index in [1.165, 1.54) is 48.6 Å². The molecule has 1 atom stereocenters. The van der Waals surface area contributed by atoms with Gasteiger partial charge in [-0.1, -0.05) is 36.4 Å². The lowest BCUT2D eigenvalue weighted by atomic mass is 9.84. The summed E-state index contributed by atoms with van der Waals surface area (Å²) in [4.78, 5) is 74.8. The molecule has 4 rings (SSSR count). The van der Waals surface area contributed by atoms with Crippen molar-refractivity contribution in [3.05, 3.63) is 84.3 Å². The Morgan fingerprint density at radius 1 is 0.906 bits per heavy atom. The van der Waals surface area contributed by atoms with Gasteiger partial charge in [-0.2, -0.15) is 0 Å². The van der Waals surface area contributed by atoms with E-state index in [1.54, 1.807) is 71.9 Å². The highest BCUT2D eigenvalue weighted by molar-refractivity contribution is 6.16. The molecule has 1 saturated heterocycles. The van der Waals surface area contributed by atoms with Crippen LogP contribution in [0.1, 0.15) is 76.4 Å². The highest BCUT2D eigenvalue weighted by Crippen LogP contribution is 2.38. The molecular formula is C38H47N5O10. The van der Waals surface area contributed by atoms with Gasteiger partial charge < -0.3 is 34.4 Å². The molecule has 3 N–H and O–H groups in total. The monoisotopic (exact) mass is 733 g/mol. The molecule has 284 valence electrons. The first-order chi connectivity index (χ1) is 24.8. The number of anilines is 2. The molecule has 0 bridgehead atoms. The smallest absolute Gasteiger partial charge is 0.437 e. The Balaban J connectivity index is 1.79. The van der Waals surface area contributed by atoms with Gasteiger partial charge in [0.2, 0.25) is 5.96 Å². The number of benzene rings is 2. The number of carboxylic acids is 1. The molecule has 0 aliphatic carbocycles. The molecule has 1 aromatic heterocycles. The molecule has 15 heteroatoms. The van der Waals surface area contributed by atoms with Gasteiger partial charge in [0.25, 0.3) is 5.91 Å². The summed E-state index contributed by atoms with van der Waals surface area (Å²) in [5.41, 5.74) is 3.61. The highest BCUT2D eigenvalue weighted by atomic mass is 16.6. The van der Waals surface area contributed by atoms with Crippen LogP contribution in [0.2, 0.25) is 0 Å². The zero-order chi connectivity index (χ0) is 39.1. The second-order valence-corrected chi connectivity index (χ2v) is 14.5. The maximum atomic E-state index is 14.4. The molecule has 1 aliphatic rings. The number of amides is 3. The van der Waals surface area contributed by atoms with Crippen LogP contribution in [0.4, 0.5) is 21.0 Å². The zero-order valence-corrected chi connectivity index (χ0v) is 31.0. The average Bonchev–Trinajstić information content (AvgIpc) is 3.62. The van der Waals surface area contributed by atoms with Crippen molar-refractivity contribution in [2.75, 3.05) is 36.5 Å². The van der Waals surface area contributed by atoms with Crippen molar-refractivity contribution < 1.29 is 47.7 Å². The second-order valence-electron chi connectivity index (χ2n) is 14.5. The minimum Gasteiger partial charge on any atom is -0.481 e. The largest absolute Gasteiger partial charge is 0.481 e. The molecule has 3 aromatic rings. The fourth-order valence-corrected chi connectivity index (χ4v) is 5.99. The molecule has 0 radical (unpaired) electrons. The molecule has 0 saturated carbocycles. The molecule has 2 heterocycles. The molecule has 53 heavy (non-hydrogen) atoms. The summed E-state index contributed by atoms with van der Waals surface area (Å²) in [6.07, 6.45) is -0.609. The van der Waals surface area contributed by atoms with E-state index in [0.717, 1.165) is 4.90 Å². The first kappa shape index (κ1) is 40.1. The summed E-state index contributed by atoms with van der Waals surface area (Å²) in [7, 11) is 1.22. The minimum absolute atomic E-state index is 0.0448. The number of carbonyl (C=O) groups excluding carboxylic acids is 4. The number of carboxylic acid groups (broad SMARTS) is 1. The van der Waals surface area contributed by atoms with Crippen LogP contribution >= 0.6 is 0 Å². The summed E-state index contributed by atoms with van der Waals surface area (Å²) in [6.45, 7) is 10.5. The third-order valence-corrected chi connectivity index (χ3v) is 8.30. The number of hydrogen-bond acceptors (Lipinski definition) is 10. The van der Waals surface area contributed by atoms with Gasteiger partial charge in [-0.3, -0.25) is 14.5 Å². The number of nitrogens with zero attached hydrogens (tertiary/aromatic N) is 4. The van der Waals surface area contributed by atoms with Crippen molar-refractivity contribution in [1.29, 1.82) is 0 Å². The Kier molecular flexibility index (Phi) is 12.3. The quantitative estimate of drug-likeness (QED) is 0.116. The standard InChI is InChI=1S/C38H47N5O10/c1-36(2,3)52-34(48)40-33(39)42(35(49)53-37(4,5)6)26-15-11-16-27(23-26)43(30(44)29-17-12-22-51-29)38(32(47)50-7)18-20-41(21-19-38)24-28(31(45)46)25-13-9-8-10-14-25/h8-17,22-23,28H,18-21,24H2,1-7H3,(H,45,46)(H2,39,40,48). The third-order valence-electron chi connectivity index (χ3n) is 8.30. The maximum Gasteiger partial charge on any atom is 0.437 e. The lowest BCUT2D eigenvalue weighted by molar-refractivity contribution is -0.149. The van der Waals surface area contributed by atoms with E-state index in [-0.39, 0.29) is 49.6 Å². The maximum absolute atomic E-state index is 14.4. The topological polar surface area (TPSA) is 195 Å². The van der Waals surface area contributed by atoms with Crippen molar-refractivity contribution in [1.82, 2.24) is 4.90 Å². The predicted octanol–water partition coefficient (Wildman–Crippen LogP) is 5.79. The summed E-state index contributed by atoms with van der Waals surface area (Å²) in [6, 6.07) is 17.9. The Hall–Kier alpha value is -5.70. The van der Waals surface area contributed by atoms with Gasteiger partial charge >= 0.3 is 24.1 Å². The van der Waals surface area contributed by atoms with Gasteiger partial charge in [-0.25, -0.2) is 19.3 Å². The van der Waals surface area contributed by atoms with E-state index in [0.29, 0.717) is 5.56 Å². The second kappa shape index (κ2) is 16.3. The molecular weight excluding hydrogens is 686 g/mol. The van der Waals surface area contributed by atoms with E-state index in [9.17, 15) is 29.1 Å². The summed E-state index contributed by atoms with van der Waals surface area (Å²) in [5.74, 6) is -3.86. The van der Waals surface area contributed by atoms with Gasteiger partial charge in [0, 0.05) is 25.3 Å². The summed E-state index contributed by atoms with van der Waals surface area (Å²) < 4.78 is 21.7. The zero-order valence-electron chi connectivity index (χ0n) is 31.0. The normalized spacial score (nSPS) is 15.5. The van der Waals surface area contributed by atoms with Crippen LogP contribution < -0.4 is 15.5 Å². The van der Waals surface area contributed by atoms with Crippen molar-refractivity contribution in [3.8, 4) is 0 Å². The minimum atomic E-state index is -1.61. The number of methoxy groups -OCH3 is 1. The number of ether oxygens (including phenoxy) is 3. The number of aliphatic carboxylic acids is 1. The third kappa shape index (κ3) is 10.0. The molecule has 15 nitrogen and oxygen atoms in total. The molecule has 2 aromatic carbocycles. The number of aliphatic imine (C=N–C) groups is 1. The van der Waals surface area contributed by atoms with Crippen LogP contribution in [0, 0.1) is 0 Å². The summed E-state index contributed by atoms with van der Waals surface area (Å²) >= 11 is 0. The van der Waals surface area contributed by atoms with E-state index in [2.05, 4.69) is 4.99 Å². The first-order valence-electron chi connectivity index (χ1n) is 17.0. The number of furan rings is 1. The van der Waals surface area contributed by atoms with Crippen LogP contribution in [0.25, 0.3) is 0 Å². The van der Waals surface area contributed by atoms with E-state index >= 15 is 0 Å². The van der Waals surface area contributed by atoms with Crippen molar-refractivity contribution in [2.24, 2.45) is 10.7 Å². The number of piperidine rings is 1. The van der Waals surface area contributed by atoms with Crippen LogP contribution in [-0.4, -0.2) is 89.5 Å². The lowest BCUT2D eigenvalue weighted by Crippen LogP contribution is -2.63. The van der Waals surface area contributed by atoms with Crippen molar-refractivity contribution in [3.63, 3.8) is 0 Å². The number of esters is 1. The first-order valence-corrected chi connectivity index (χ1v) is 17.0. The van der Waals surface area contributed by atoms with E-state index < -0.39 is 58.7 Å². The van der Waals surface area contributed by atoms with E-state index in [4.69, 9.17) is 24.4 Å². The van der Waals surface area contributed by atoms with Gasteiger partial charge in [-0.05, 0) is 90.3 Å². The fraction of sp³-hybridized carbons (Fsp3) is 0.421. The van der Waals surface area contributed by atoms with Crippen LogP contribution in [0.15, 0.2) is 82.4 Å². The van der Waals surface area contributed by atoms with Crippen LogP contribution in [0.3, 0.4) is 0 Å². The van der Waals surface area contributed by atoms with Gasteiger partial charge in [0.1, 0.15) is 16.7 Å². The molecule has 0 spiro atoms. The number of guanidine groups is 1. The Morgan fingerprint density at radius 3 is 2.08 bits per heavy atom. The predicted molar refractivity (Wildman–Crippen MR) is 196 cm³/mol. The van der Waals surface area contributed by atoms with Crippen LogP contribution in [0.5, 0.6) is 0 Å². The number of hydrogen-bond donors (Lipinski definition) is 2.